The predicted molar refractivity (Wildman–Crippen MR) is 102 cm³/mol. The fraction of sp³-hybridized carbons (Fsp3) is 0.429. The maximum absolute atomic E-state index is 12.3. The van der Waals surface area contributed by atoms with Crippen LogP contribution in [0.15, 0.2) is 36.5 Å². The van der Waals surface area contributed by atoms with Crippen molar-refractivity contribution in [3.63, 3.8) is 0 Å². The predicted octanol–water partition coefficient (Wildman–Crippen LogP) is 3.85. The summed E-state index contributed by atoms with van der Waals surface area (Å²) in [5.74, 6) is 1.36. The molecule has 3 unspecified atom stereocenters. The van der Waals surface area contributed by atoms with Crippen molar-refractivity contribution in [2.24, 2.45) is 5.92 Å². The monoisotopic (exact) mass is 406 g/mol. The van der Waals surface area contributed by atoms with Gasteiger partial charge in [0.05, 0.1) is 25.8 Å². The molecule has 0 N–H and O–H groups in total. The van der Waals surface area contributed by atoms with E-state index in [4.69, 9.17) is 9.47 Å². The maximum Gasteiger partial charge on any atom is 0.388 e. The van der Waals surface area contributed by atoms with E-state index in [9.17, 15) is 13.6 Å². The molecule has 1 aliphatic rings. The van der Waals surface area contributed by atoms with Crippen molar-refractivity contribution in [2.75, 3.05) is 14.2 Å². The van der Waals surface area contributed by atoms with Gasteiger partial charge in [0, 0.05) is 24.8 Å². The van der Waals surface area contributed by atoms with Gasteiger partial charge in [-0.3, -0.25) is 4.90 Å². The number of pyridine rings is 1. The zero-order valence-corrected chi connectivity index (χ0v) is 16.5. The van der Waals surface area contributed by atoms with Gasteiger partial charge in [-0.05, 0) is 30.0 Å². The molecule has 156 valence electrons. The molecule has 2 heterocycles. The van der Waals surface area contributed by atoms with E-state index in [-0.39, 0.29) is 23.9 Å². The summed E-state index contributed by atoms with van der Waals surface area (Å²) >= 11 is 0. The molecule has 0 amide bonds. The Morgan fingerprint density at radius 3 is 2.41 bits per heavy atom. The standard InChI is InChI=1S/C21H24F2N2O4/c1-13-9-15(20-17(27-2)5-4-6-18(20)28-3)25(16(13)12-26)11-14-7-8-19(24-10-14)29-21(22)23/h4-8,10,12-13,15-16,21H,9,11H2,1-3H3. The summed E-state index contributed by atoms with van der Waals surface area (Å²) in [7, 11) is 3.20. The van der Waals surface area contributed by atoms with Crippen molar-refractivity contribution in [1.29, 1.82) is 0 Å². The molecule has 1 fully saturated rings. The van der Waals surface area contributed by atoms with Gasteiger partial charge in [0.1, 0.15) is 17.8 Å². The number of aldehydes is 1. The number of likely N-dealkylation sites (tertiary alicyclic amines) is 1. The number of hydrogen-bond acceptors (Lipinski definition) is 6. The van der Waals surface area contributed by atoms with Crippen LogP contribution in [0.5, 0.6) is 17.4 Å². The van der Waals surface area contributed by atoms with Crippen LogP contribution in [0.25, 0.3) is 0 Å². The van der Waals surface area contributed by atoms with Crippen LogP contribution in [0.1, 0.15) is 30.5 Å². The molecule has 0 bridgehead atoms. The Labute approximate surface area is 168 Å². The van der Waals surface area contributed by atoms with Crippen molar-refractivity contribution < 1.29 is 27.8 Å². The summed E-state index contributed by atoms with van der Waals surface area (Å²) in [5.41, 5.74) is 1.67. The second kappa shape index (κ2) is 9.17. The average molecular weight is 406 g/mol. The molecule has 1 saturated heterocycles. The third-order valence-corrected chi connectivity index (χ3v) is 5.27. The van der Waals surface area contributed by atoms with Crippen LogP contribution >= 0.6 is 0 Å². The number of carbonyl (C=O) groups is 1. The lowest BCUT2D eigenvalue weighted by Gasteiger charge is -2.30. The number of nitrogens with zero attached hydrogens (tertiary/aromatic N) is 2. The molecule has 1 aliphatic heterocycles. The molecule has 0 spiro atoms. The van der Waals surface area contributed by atoms with Crippen LogP contribution in [-0.4, -0.2) is 43.0 Å². The summed E-state index contributed by atoms with van der Waals surface area (Å²) in [6, 6.07) is 8.25. The quantitative estimate of drug-likeness (QED) is 0.621. The number of aromatic nitrogens is 1. The molecule has 0 radical (unpaired) electrons. The Morgan fingerprint density at radius 2 is 1.90 bits per heavy atom. The normalized spacial score (nSPS) is 21.9. The van der Waals surface area contributed by atoms with Crippen LogP contribution in [0.3, 0.4) is 0 Å². The Bertz CT molecular complexity index is 810. The van der Waals surface area contributed by atoms with Crippen LogP contribution in [0, 0.1) is 5.92 Å². The number of ether oxygens (including phenoxy) is 3. The van der Waals surface area contributed by atoms with E-state index < -0.39 is 6.61 Å². The highest BCUT2D eigenvalue weighted by atomic mass is 19.3. The number of halogens is 2. The number of carbonyl (C=O) groups excluding carboxylic acids is 1. The molecule has 8 heteroatoms. The van der Waals surface area contributed by atoms with Gasteiger partial charge in [-0.15, -0.1) is 0 Å². The van der Waals surface area contributed by atoms with Gasteiger partial charge in [0.15, 0.2) is 0 Å². The number of alkyl halides is 2. The first kappa shape index (κ1) is 21.0. The number of benzene rings is 1. The Hall–Kier alpha value is -2.74. The summed E-state index contributed by atoms with van der Waals surface area (Å²) < 4.78 is 40.1. The highest BCUT2D eigenvalue weighted by Crippen LogP contribution is 2.46. The first-order valence-corrected chi connectivity index (χ1v) is 9.30. The molecular formula is C21H24F2N2O4. The zero-order valence-electron chi connectivity index (χ0n) is 16.5. The highest BCUT2D eigenvalue weighted by molar-refractivity contribution is 5.60. The third-order valence-electron chi connectivity index (χ3n) is 5.27. The number of methoxy groups -OCH3 is 2. The topological polar surface area (TPSA) is 60.9 Å². The van der Waals surface area contributed by atoms with Crippen LogP contribution in [0.4, 0.5) is 8.78 Å². The minimum Gasteiger partial charge on any atom is -0.496 e. The van der Waals surface area contributed by atoms with Crippen molar-refractivity contribution in [1.82, 2.24) is 9.88 Å². The van der Waals surface area contributed by atoms with Crippen molar-refractivity contribution in [3.8, 4) is 17.4 Å². The van der Waals surface area contributed by atoms with Crippen LogP contribution < -0.4 is 14.2 Å². The van der Waals surface area contributed by atoms with E-state index in [2.05, 4.69) is 14.6 Å². The number of rotatable bonds is 8. The number of hydrogen-bond donors (Lipinski definition) is 0. The highest BCUT2D eigenvalue weighted by Gasteiger charge is 2.41. The van der Waals surface area contributed by atoms with Gasteiger partial charge < -0.3 is 19.0 Å². The SMILES string of the molecule is COc1cccc(OC)c1C1CC(C)C(C=O)N1Cc1ccc(OC(F)F)nc1. The van der Waals surface area contributed by atoms with Crippen molar-refractivity contribution in [3.05, 3.63) is 47.7 Å². The summed E-state index contributed by atoms with van der Waals surface area (Å²) in [6.07, 6.45) is 3.19. The average Bonchev–Trinajstić information content (AvgIpc) is 3.02. The molecule has 3 atom stereocenters. The molecule has 0 aliphatic carbocycles. The van der Waals surface area contributed by atoms with E-state index >= 15 is 0 Å². The van der Waals surface area contributed by atoms with Gasteiger partial charge in [0.25, 0.3) is 0 Å². The van der Waals surface area contributed by atoms with Gasteiger partial charge in [-0.2, -0.15) is 8.78 Å². The lowest BCUT2D eigenvalue weighted by Crippen LogP contribution is -2.34. The zero-order chi connectivity index (χ0) is 21.0. The summed E-state index contributed by atoms with van der Waals surface area (Å²) in [4.78, 5) is 17.9. The Morgan fingerprint density at radius 1 is 1.21 bits per heavy atom. The fourth-order valence-electron chi connectivity index (χ4n) is 3.96. The maximum atomic E-state index is 12.3. The minimum absolute atomic E-state index is 0.108. The van der Waals surface area contributed by atoms with Crippen LogP contribution in [0.2, 0.25) is 0 Å². The fourth-order valence-corrected chi connectivity index (χ4v) is 3.96. The summed E-state index contributed by atoms with van der Waals surface area (Å²) in [6.45, 7) is -0.470. The summed E-state index contributed by atoms with van der Waals surface area (Å²) in [5, 5.41) is 0. The van der Waals surface area contributed by atoms with E-state index in [1.54, 1.807) is 20.3 Å². The smallest absolute Gasteiger partial charge is 0.388 e. The molecular weight excluding hydrogens is 382 g/mol. The molecule has 3 rings (SSSR count). The first-order valence-electron chi connectivity index (χ1n) is 9.30. The molecule has 0 saturated carbocycles. The molecule has 2 aromatic rings. The van der Waals surface area contributed by atoms with E-state index in [1.165, 1.54) is 12.3 Å². The molecule has 1 aromatic heterocycles. The lowest BCUT2D eigenvalue weighted by molar-refractivity contribution is -0.113. The first-order chi connectivity index (χ1) is 14.0. The van der Waals surface area contributed by atoms with Crippen molar-refractivity contribution in [2.45, 2.75) is 38.6 Å². The molecule has 6 nitrogen and oxygen atoms in total. The largest absolute Gasteiger partial charge is 0.496 e. The Kier molecular flexibility index (Phi) is 6.64. The Balaban J connectivity index is 1.93. The van der Waals surface area contributed by atoms with Gasteiger partial charge >= 0.3 is 6.61 Å². The second-order valence-electron chi connectivity index (χ2n) is 6.99. The van der Waals surface area contributed by atoms with Crippen LogP contribution in [-0.2, 0) is 11.3 Å². The van der Waals surface area contributed by atoms with Gasteiger partial charge in [-0.1, -0.05) is 19.1 Å². The van der Waals surface area contributed by atoms with E-state index in [0.717, 1.165) is 23.8 Å². The van der Waals surface area contributed by atoms with E-state index in [0.29, 0.717) is 18.0 Å². The second-order valence-corrected chi connectivity index (χ2v) is 6.99. The lowest BCUT2D eigenvalue weighted by atomic mass is 9.97. The molecule has 29 heavy (non-hydrogen) atoms. The molecule has 1 aromatic carbocycles. The van der Waals surface area contributed by atoms with Gasteiger partial charge in [-0.25, -0.2) is 4.98 Å². The van der Waals surface area contributed by atoms with Gasteiger partial charge in [0.2, 0.25) is 5.88 Å². The van der Waals surface area contributed by atoms with Crippen molar-refractivity contribution >= 4 is 6.29 Å². The minimum atomic E-state index is -2.92. The third kappa shape index (κ3) is 4.48. The van der Waals surface area contributed by atoms with E-state index in [1.807, 2.05) is 25.1 Å².